The average molecular weight is 228 g/mol. The first kappa shape index (κ1) is 11.7. The molecule has 0 aromatic carbocycles. The van der Waals surface area contributed by atoms with Crippen LogP contribution in [0.3, 0.4) is 0 Å². The Morgan fingerprint density at radius 2 is 2.18 bits per heavy atom. The molecular weight excluding hydrogens is 212 g/mol. The fourth-order valence-corrected chi connectivity index (χ4v) is 1.56. The number of nitrogens with zero attached hydrogens (tertiary/aromatic N) is 3. The predicted octanol–water partition coefficient (Wildman–Crippen LogP) is 1.96. The first-order valence-corrected chi connectivity index (χ1v) is 5.75. The molecule has 1 N–H and O–H groups in total. The number of rotatable bonds is 4. The van der Waals surface area contributed by atoms with E-state index >= 15 is 0 Å². The van der Waals surface area contributed by atoms with Crippen LogP contribution in [0.1, 0.15) is 18.2 Å². The third-order valence-electron chi connectivity index (χ3n) is 2.57. The molecule has 2 aromatic rings. The monoisotopic (exact) mass is 228 g/mol. The van der Waals surface area contributed by atoms with Gasteiger partial charge in [-0.25, -0.2) is 9.97 Å². The zero-order chi connectivity index (χ0) is 12.1. The van der Waals surface area contributed by atoms with Gasteiger partial charge in [0.05, 0.1) is 0 Å². The molecule has 0 saturated carbocycles. The van der Waals surface area contributed by atoms with E-state index in [1.165, 1.54) is 0 Å². The van der Waals surface area contributed by atoms with Gasteiger partial charge in [-0.3, -0.25) is 4.98 Å². The molecule has 4 nitrogen and oxygen atoms in total. The van der Waals surface area contributed by atoms with Gasteiger partial charge < -0.3 is 5.32 Å². The van der Waals surface area contributed by atoms with E-state index in [2.05, 4.69) is 27.2 Å². The number of aromatic nitrogens is 3. The van der Waals surface area contributed by atoms with Crippen LogP contribution in [0.25, 0.3) is 11.4 Å². The molecule has 88 valence electrons. The molecule has 0 bridgehead atoms. The van der Waals surface area contributed by atoms with Crippen LogP contribution in [-0.4, -0.2) is 21.5 Å². The molecule has 4 heteroatoms. The lowest BCUT2D eigenvalue weighted by Crippen LogP contribution is -2.13. The van der Waals surface area contributed by atoms with Gasteiger partial charge in [-0.2, -0.15) is 0 Å². The van der Waals surface area contributed by atoms with E-state index < -0.39 is 0 Å². The minimum absolute atomic E-state index is 0.732. The summed E-state index contributed by atoms with van der Waals surface area (Å²) in [6.45, 7) is 5.86. The molecule has 2 rings (SSSR count). The molecule has 0 fully saturated rings. The molecule has 0 aliphatic carbocycles. The van der Waals surface area contributed by atoms with Gasteiger partial charge in [0.25, 0.3) is 0 Å². The molecule has 2 aromatic heterocycles. The van der Waals surface area contributed by atoms with Gasteiger partial charge in [0.15, 0.2) is 5.82 Å². The molecule has 0 spiro atoms. The Morgan fingerprint density at radius 1 is 1.29 bits per heavy atom. The highest BCUT2D eigenvalue weighted by Crippen LogP contribution is 2.14. The Labute approximate surface area is 101 Å². The summed E-state index contributed by atoms with van der Waals surface area (Å²) < 4.78 is 0. The first-order chi connectivity index (χ1) is 8.31. The van der Waals surface area contributed by atoms with Crippen molar-refractivity contribution < 1.29 is 0 Å². The largest absolute Gasteiger partial charge is 0.313 e. The maximum Gasteiger partial charge on any atom is 0.160 e. The summed E-state index contributed by atoms with van der Waals surface area (Å²) >= 11 is 0. The van der Waals surface area contributed by atoms with E-state index in [4.69, 9.17) is 0 Å². The average Bonchev–Trinajstić information content (AvgIpc) is 2.38. The number of nitrogens with one attached hydrogen (secondary N) is 1. The smallest absolute Gasteiger partial charge is 0.160 e. The van der Waals surface area contributed by atoms with Crippen LogP contribution in [0.5, 0.6) is 0 Å². The lowest BCUT2D eigenvalue weighted by atomic mass is 10.2. The third kappa shape index (κ3) is 2.85. The molecule has 2 heterocycles. The summed E-state index contributed by atoms with van der Waals surface area (Å²) in [4.78, 5) is 12.9. The summed E-state index contributed by atoms with van der Waals surface area (Å²) in [7, 11) is 0. The Kier molecular flexibility index (Phi) is 3.77. The van der Waals surface area contributed by atoms with Gasteiger partial charge in [0, 0.05) is 42.0 Å². The van der Waals surface area contributed by atoms with Crippen molar-refractivity contribution in [3.05, 3.63) is 42.0 Å². The van der Waals surface area contributed by atoms with Crippen LogP contribution in [0.2, 0.25) is 0 Å². The number of pyridine rings is 1. The highest BCUT2D eigenvalue weighted by atomic mass is 14.9. The molecule has 0 atom stereocenters. The lowest BCUT2D eigenvalue weighted by Gasteiger charge is -2.07. The fourth-order valence-electron chi connectivity index (χ4n) is 1.56. The van der Waals surface area contributed by atoms with Gasteiger partial charge in [0.1, 0.15) is 0 Å². The highest BCUT2D eigenvalue weighted by molar-refractivity contribution is 5.53. The SMILES string of the molecule is CCNCc1cnc(-c2cccnc2)nc1C. The van der Waals surface area contributed by atoms with Gasteiger partial charge in [-0.05, 0) is 25.6 Å². The fraction of sp³-hybridized carbons (Fsp3) is 0.308. The van der Waals surface area contributed by atoms with E-state index in [-0.39, 0.29) is 0 Å². The van der Waals surface area contributed by atoms with Crippen molar-refractivity contribution in [2.45, 2.75) is 20.4 Å². The van der Waals surface area contributed by atoms with E-state index in [0.29, 0.717) is 0 Å². The highest BCUT2D eigenvalue weighted by Gasteiger charge is 2.04. The van der Waals surface area contributed by atoms with Crippen LogP contribution in [0, 0.1) is 6.92 Å². The van der Waals surface area contributed by atoms with Crippen LogP contribution < -0.4 is 5.32 Å². The van der Waals surface area contributed by atoms with Crippen LogP contribution in [0.4, 0.5) is 0 Å². The minimum Gasteiger partial charge on any atom is -0.313 e. The second-order valence-electron chi connectivity index (χ2n) is 3.83. The van der Waals surface area contributed by atoms with Crippen molar-refractivity contribution in [3.63, 3.8) is 0 Å². The van der Waals surface area contributed by atoms with Gasteiger partial charge in [-0.15, -0.1) is 0 Å². The maximum atomic E-state index is 4.51. The molecule has 0 aliphatic heterocycles. The Hall–Kier alpha value is -1.81. The van der Waals surface area contributed by atoms with E-state index in [9.17, 15) is 0 Å². The van der Waals surface area contributed by atoms with Gasteiger partial charge in [0.2, 0.25) is 0 Å². The number of hydrogen-bond acceptors (Lipinski definition) is 4. The Balaban J connectivity index is 2.25. The Morgan fingerprint density at radius 3 is 2.82 bits per heavy atom. The van der Waals surface area contributed by atoms with E-state index in [1.807, 2.05) is 25.3 Å². The second-order valence-corrected chi connectivity index (χ2v) is 3.83. The van der Waals surface area contributed by atoms with Crippen molar-refractivity contribution in [2.24, 2.45) is 0 Å². The zero-order valence-electron chi connectivity index (χ0n) is 10.1. The summed E-state index contributed by atoms with van der Waals surface area (Å²) in [5.74, 6) is 0.732. The van der Waals surface area contributed by atoms with Crippen molar-refractivity contribution in [2.75, 3.05) is 6.54 Å². The van der Waals surface area contributed by atoms with Gasteiger partial charge >= 0.3 is 0 Å². The van der Waals surface area contributed by atoms with Crippen LogP contribution in [0.15, 0.2) is 30.7 Å². The first-order valence-electron chi connectivity index (χ1n) is 5.75. The number of aryl methyl sites for hydroxylation is 1. The van der Waals surface area contributed by atoms with Crippen LogP contribution in [-0.2, 0) is 6.54 Å². The molecule has 17 heavy (non-hydrogen) atoms. The minimum atomic E-state index is 0.732. The zero-order valence-corrected chi connectivity index (χ0v) is 10.1. The molecule has 0 radical (unpaired) electrons. The summed E-state index contributed by atoms with van der Waals surface area (Å²) in [6, 6.07) is 3.85. The molecule has 0 saturated heterocycles. The standard InChI is InChI=1S/C13H16N4/c1-3-14-8-12-9-16-13(17-10(12)2)11-5-4-6-15-7-11/h4-7,9,14H,3,8H2,1-2H3. The molecule has 0 aliphatic rings. The second kappa shape index (κ2) is 5.50. The summed E-state index contributed by atoms with van der Waals surface area (Å²) in [5.41, 5.74) is 3.10. The van der Waals surface area contributed by atoms with Gasteiger partial charge in [-0.1, -0.05) is 6.92 Å². The topological polar surface area (TPSA) is 50.7 Å². The van der Waals surface area contributed by atoms with Crippen LogP contribution >= 0.6 is 0 Å². The van der Waals surface area contributed by atoms with Crippen molar-refractivity contribution >= 4 is 0 Å². The molecular formula is C13H16N4. The predicted molar refractivity (Wildman–Crippen MR) is 67.4 cm³/mol. The molecule has 0 unspecified atom stereocenters. The quantitative estimate of drug-likeness (QED) is 0.869. The van der Waals surface area contributed by atoms with E-state index in [1.54, 1.807) is 12.4 Å². The Bertz CT molecular complexity index is 482. The summed E-state index contributed by atoms with van der Waals surface area (Å²) in [6.07, 6.45) is 5.40. The maximum absolute atomic E-state index is 4.51. The van der Waals surface area contributed by atoms with Crippen molar-refractivity contribution in [3.8, 4) is 11.4 Å². The number of hydrogen-bond donors (Lipinski definition) is 1. The molecule has 0 amide bonds. The summed E-state index contributed by atoms with van der Waals surface area (Å²) in [5, 5.41) is 3.27. The van der Waals surface area contributed by atoms with Crippen molar-refractivity contribution in [1.82, 2.24) is 20.3 Å². The van der Waals surface area contributed by atoms with Crippen molar-refractivity contribution in [1.29, 1.82) is 0 Å². The van der Waals surface area contributed by atoms with E-state index in [0.717, 1.165) is 35.7 Å². The normalized spacial score (nSPS) is 10.5. The lowest BCUT2D eigenvalue weighted by molar-refractivity contribution is 0.716. The third-order valence-corrected chi connectivity index (χ3v) is 2.57.